The first-order chi connectivity index (χ1) is 14.7. The number of hydrogen-bond acceptors (Lipinski definition) is 5. The van der Waals surface area contributed by atoms with E-state index in [1.807, 2.05) is 0 Å². The molecular formula is C23H28ClN3O3S. The molecule has 0 unspecified atom stereocenters. The van der Waals surface area contributed by atoms with Gasteiger partial charge in [0.15, 0.2) is 16.6 Å². The van der Waals surface area contributed by atoms with E-state index in [0.29, 0.717) is 28.1 Å². The number of ether oxygens (including phenoxy) is 2. The zero-order chi connectivity index (χ0) is 20.8. The molecule has 0 aliphatic carbocycles. The number of hydrogen-bond donors (Lipinski definition) is 2. The highest BCUT2D eigenvalue weighted by atomic mass is 35.5. The Hall–Kier alpha value is -2.35. The summed E-state index contributed by atoms with van der Waals surface area (Å²) < 4.78 is 10.6. The fourth-order valence-electron chi connectivity index (χ4n) is 3.92. The zero-order valence-electron chi connectivity index (χ0n) is 17.3. The van der Waals surface area contributed by atoms with Crippen molar-refractivity contribution in [1.29, 1.82) is 0 Å². The van der Waals surface area contributed by atoms with Gasteiger partial charge in [-0.2, -0.15) is 0 Å². The number of rotatable bonds is 6. The monoisotopic (exact) mass is 461 g/mol. The zero-order valence-corrected chi connectivity index (χ0v) is 19.0. The molecule has 2 aliphatic rings. The van der Waals surface area contributed by atoms with Crippen molar-refractivity contribution in [3.8, 4) is 11.5 Å². The normalized spacial score (nSPS) is 15.7. The van der Waals surface area contributed by atoms with Crippen LogP contribution in [0.1, 0.15) is 35.2 Å². The van der Waals surface area contributed by atoms with E-state index in [2.05, 4.69) is 45.9 Å². The second-order valence-electron chi connectivity index (χ2n) is 7.77. The van der Waals surface area contributed by atoms with E-state index in [1.165, 1.54) is 18.4 Å². The lowest BCUT2D eigenvalue weighted by molar-refractivity contribution is 0.0976. The van der Waals surface area contributed by atoms with Crippen LogP contribution >= 0.6 is 24.6 Å². The molecule has 0 aromatic heterocycles. The van der Waals surface area contributed by atoms with Crippen LogP contribution in [0.25, 0.3) is 0 Å². The molecule has 0 spiro atoms. The van der Waals surface area contributed by atoms with Crippen molar-refractivity contribution in [3.05, 3.63) is 59.7 Å². The average Bonchev–Trinajstić information content (AvgIpc) is 3.23. The summed E-state index contributed by atoms with van der Waals surface area (Å²) in [7, 11) is 0. The van der Waals surface area contributed by atoms with Gasteiger partial charge in [0.1, 0.15) is 0 Å². The quantitative estimate of drug-likeness (QED) is 0.639. The van der Waals surface area contributed by atoms with Gasteiger partial charge in [-0.1, -0.05) is 30.3 Å². The van der Waals surface area contributed by atoms with Gasteiger partial charge in [0.25, 0.3) is 5.91 Å². The van der Waals surface area contributed by atoms with Crippen molar-refractivity contribution < 1.29 is 14.3 Å². The Morgan fingerprint density at radius 3 is 2.58 bits per heavy atom. The fourth-order valence-corrected chi connectivity index (χ4v) is 4.12. The summed E-state index contributed by atoms with van der Waals surface area (Å²) in [4.78, 5) is 14.9. The number of thiocarbonyl (C=S) groups is 1. The molecule has 1 fully saturated rings. The minimum absolute atomic E-state index is 0. The predicted molar refractivity (Wildman–Crippen MR) is 127 cm³/mol. The molecular weight excluding hydrogens is 434 g/mol. The van der Waals surface area contributed by atoms with Gasteiger partial charge in [-0.15, -0.1) is 12.4 Å². The first-order valence-electron chi connectivity index (χ1n) is 10.4. The Bertz CT molecular complexity index is 889. The molecule has 4 rings (SSSR count). The molecule has 1 saturated heterocycles. The number of carbonyl (C=O) groups excluding carboxylic acids is 1. The Morgan fingerprint density at radius 1 is 1.06 bits per heavy atom. The van der Waals surface area contributed by atoms with Crippen LogP contribution in [0.15, 0.2) is 48.5 Å². The van der Waals surface area contributed by atoms with E-state index >= 15 is 0 Å². The van der Waals surface area contributed by atoms with Gasteiger partial charge in [0.2, 0.25) is 6.79 Å². The lowest BCUT2D eigenvalue weighted by atomic mass is 9.93. The molecule has 0 bridgehead atoms. The summed E-state index contributed by atoms with van der Waals surface area (Å²) in [5.74, 6) is 1.68. The highest BCUT2D eigenvalue weighted by Gasteiger charge is 2.20. The molecule has 0 saturated carbocycles. The lowest BCUT2D eigenvalue weighted by Gasteiger charge is -2.32. The fraction of sp³-hybridized carbons (Fsp3) is 0.391. The van der Waals surface area contributed by atoms with E-state index in [1.54, 1.807) is 18.2 Å². The third-order valence-corrected chi connectivity index (χ3v) is 5.90. The Balaban J connectivity index is 0.00000272. The standard InChI is InChI=1S/C23H27N3O3S.ClH/c27-22(19-6-7-20-21(14-19)29-16-28-20)25-23(30)24-11-8-17-9-12-26(13-10-17)15-18-4-2-1-3-5-18;/h1-7,14,17H,8-13,15-16H2,(H2,24,25,27,30);1H. The van der Waals surface area contributed by atoms with E-state index in [0.717, 1.165) is 32.6 Å². The molecule has 2 aliphatic heterocycles. The smallest absolute Gasteiger partial charge is 0.257 e. The first kappa shape index (κ1) is 23.3. The predicted octanol–water partition coefficient (Wildman–Crippen LogP) is 3.74. The summed E-state index contributed by atoms with van der Waals surface area (Å²) >= 11 is 5.28. The molecule has 6 nitrogen and oxygen atoms in total. The van der Waals surface area contributed by atoms with Crippen LogP contribution in [0, 0.1) is 5.92 Å². The summed E-state index contributed by atoms with van der Waals surface area (Å²) in [6, 6.07) is 15.7. The van der Waals surface area contributed by atoms with Gasteiger partial charge in [-0.05, 0) is 74.3 Å². The Labute approximate surface area is 194 Å². The summed E-state index contributed by atoms with van der Waals surface area (Å²) in [6.45, 7) is 4.24. The minimum Gasteiger partial charge on any atom is -0.454 e. The molecule has 2 aromatic rings. The van der Waals surface area contributed by atoms with Crippen molar-refractivity contribution in [2.24, 2.45) is 5.92 Å². The van der Waals surface area contributed by atoms with Crippen molar-refractivity contribution in [3.63, 3.8) is 0 Å². The van der Waals surface area contributed by atoms with Gasteiger partial charge in [0.05, 0.1) is 0 Å². The molecule has 0 atom stereocenters. The van der Waals surface area contributed by atoms with Gasteiger partial charge in [-0.25, -0.2) is 0 Å². The van der Waals surface area contributed by atoms with Crippen molar-refractivity contribution in [2.45, 2.75) is 25.8 Å². The number of benzene rings is 2. The SMILES string of the molecule is Cl.O=C(NC(=S)NCCC1CCN(Cc2ccccc2)CC1)c1ccc2c(c1)OCO2. The molecule has 0 radical (unpaired) electrons. The van der Waals surface area contributed by atoms with Crippen LogP contribution in [-0.4, -0.2) is 42.3 Å². The number of nitrogens with zero attached hydrogens (tertiary/aromatic N) is 1. The van der Waals surface area contributed by atoms with Crippen molar-refractivity contribution in [1.82, 2.24) is 15.5 Å². The molecule has 2 N–H and O–H groups in total. The molecule has 2 heterocycles. The second-order valence-corrected chi connectivity index (χ2v) is 8.18. The van der Waals surface area contributed by atoms with Crippen LogP contribution < -0.4 is 20.1 Å². The number of fused-ring (bicyclic) bond motifs is 1. The minimum atomic E-state index is -0.250. The van der Waals surface area contributed by atoms with Crippen LogP contribution in [0.4, 0.5) is 0 Å². The third-order valence-electron chi connectivity index (χ3n) is 5.66. The number of likely N-dealkylation sites (tertiary alicyclic amines) is 1. The average molecular weight is 462 g/mol. The Morgan fingerprint density at radius 2 is 1.81 bits per heavy atom. The Kier molecular flexibility index (Phi) is 8.51. The van der Waals surface area contributed by atoms with Crippen molar-refractivity contribution >= 4 is 35.6 Å². The third kappa shape index (κ3) is 6.56. The second kappa shape index (κ2) is 11.3. The van der Waals surface area contributed by atoms with Crippen LogP contribution in [-0.2, 0) is 6.54 Å². The van der Waals surface area contributed by atoms with E-state index in [9.17, 15) is 4.79 Å². The van der Waals surface area contributed by atoms with Crippen LogP contribution in [0.3, 0.4) is 0 Å². The summed E-state index contributed by atoms with van der Waals surface area (Å²) in [5, 5.41) is 6.26. The molecule has 2 aromatic carbocycles. The van der Waals surface area contributed by atoms with E-state index < -0.39 is 0 Å². The first-order valence-corrected chi connectivity index (χ1v) is 10.8. The molecule has 8 heteroatoms. The van der Waals surface area contributed by atoms with Gasteiger partial charge in [0, 0.05) is 18.7 Å². The summed E-state index contributed by atoms with van der Waals surface area (Å²) in [5.41, 5.74) is 1.87. The largest absolute Gasteiger partial charge is 0.454 e. The topological polar surface area (TPSA) is 62.8 Å². The highest BCUT2D eigenvalue weighted by Crippen LogP contribution is 2.32. The number of halogens is 1. The maximum Gasteiger partial charge on any atom is 0.257 e. The van der Waals surface area contributed by atoms with E-state index in [-0.39, 0.29) is 25.1 Å². The number of amides is 1. The van der Waals surface area contributed by atoms with Crippen molar-refractivity contribution in [2.75, 3.05) is 26.4 Å². The van der Waals surface area contributed by atoms with Gasteiger partial charge < -0.3 is 14.8 Å². The number of nitrogens with one attached hydrogen (secondary N) is 2. The van der Waals surface area contributed by atoms with Crippen LogP contribution in [0.2, 0.25) is 0 Å². The molecule has 166 valence electrons. The van der Waals surface area contributed by atoms with Crippen LogP contribution in [0.5, 0.6) is 11.5 Å². The molecule has 1 amide bonds. The van der Waals surface area contributed by atoms with Gasteiger partial charge >= 0.3 is 0 Å². The maximum absolute atomic E-state index is 12.4. The number of carbonyl (C=O) groups is 1. The summed E-state index contributed by atoms with van der Waals surface area (Å²) in [6.07, 6.45) is 3.45. The lowest BCUT2D eigenvalue weighted by Crippen LogP contribution is -2.40. The van der Waals surface area contributed by atoms with Gasteiger partial charge in [-0.3, -0.25) is 15.0 Å². The number of piperidine rings is 1. The maximum atomic E-state index is 12.4. The highest BCUT2D eigenvalue weighted by molar-refractivity contribution is 7.80. The van der Waals surface area contributed by atoms with E-state index in [4.69, 9.17) is 21.7 Å². The molecule has 31 heavy (non-hydrogen) atoms.